The average molecular weight is 236 g/mol. The van der Waals surface area contributed by atoms with Gasteiger partial charge in [0, 0.05) is 24.4 Å². The molecule has 17 heavy (non-hydrogen) atoms. The zero-order valence-corrected chi connectivity index (χ0v) is 9.80. The third-order valence-electron chi connectivity index (χ3n) is 3.29. The van der Waals surface area contributed by atoms with E-state index < -0.39 is 0 Å². The summed E-state index contributed by atoms with van der Waals surface area (Å²) in [6, 6.07) is 5.04. The van der Waals surface area contributed by atoms with Crippen molar-refractivity contribution < 1.29 is 10.0 Å². The zero-order valence-electron chi connectivity index (χ0n) is 9.80. The van der Waals surface area contributed by atoms with Crippen molar-refractivity contribution >= 4 is 11.4 Å². The maximum atomic E-state index is 10.7. The molecule has 5 nitrogen and oxygen atoms in total. The minimum absolute atomic E-state index is 0.117. The molecule has 92 valence electrons. The molecule has 1 heterocycles. The van der Waals surface area contributed by atoms with E-state index in [1.807, 2.05) is 6.92 Å². The summed E-state index contributed by atoms with van der Waals surface area (Å²) in [5.41, 5.74) is 2.00. The molecule has 1 aromatic carbocycles. The van der Waals surface area contributed by atoms with Gasteiger partial charge in [-0.15, -0.1) is 0 Å². The van der Waals surface area contributed by atoms with Crippen molar-refractivity contribution in [2.45, 2.75) is 25.8 Å². The molecule has 5 heteroatoms. The summed E-state index contributed by atoms with van der Waals surface area (Å²) < 4.78 is 0. The van der Waals surface area contributed by atoms with Crippen LogP contribution in [0.1, 0.15) is 18.4 Å². The van der Waals surface area contributed by atoms with Gasteiger partial charge >= 0.3 is 0 Å². The lowest BCUT2D eigenvalue weighted by Crippen LogP contribution is -2.32. The van der Waals surface area contributed by atoms with Crippen molar-refractivity contribution in [2.24, 2.45) is 0 Å². The first-order valence-corrected chi connectivity index (χ1v) is 5.76. The molecule has 0 aliphatic carbocycles. The van der Waals surface area contributed by atoms with Crippen LogP contribution >= 0.6 is 0 Å². The largest absolute Gasteiger partial charge is 0.394 e. The van der Waals surface area contributed by atoms with Crippen molar-refractivity contribution in [1.82, 2.24) is 0 Å². The normalized spacial score (nSPS) is 19.6. The lowest BCUT2D eigenvalue weighted by atomic mass is 10.1. The van der Waals surface area contributed by atoms with Crippen LogP contribution in [0, 0.1) is 17.0 Å². The highest BCUT2D eigenvalue weighted by molar-refractivity contribution is 5.58. The number of benzene rings is 1. The number of hydrogen-bond acceptors (Lipinski definition) is 4. The number of non-ortho nitro benzene ring substituents is 1. The van der Waals surface area contributed by atoms with Gasteiger partial charge in [0.25, 0.3) is 5.69 Å². The first kappa shape index (κ1) is 11.9. The molecule has 0 unspecified atom stereocenters. The Balaban J connectivity index is 2.30. The van der Waals surface area contributed by atoms with Crippen LogP contribution in [-0.4, -0.2) is 29.2 Å². The Kier molecular flexibility index (Phi) is 3.28. The highest BCUT2D eigenvalue weighted by atomic mass is 16.6. The number of nitro benzene ring substituents is 1. The second-order valence-electron chi connectivity index (χ2n) is 4.40. The van der Waals surface area contributed by atoms with Crippen LogP contribution in [-0.2, 0) is 0 Å². The number of aryl methyl sites for hydroxylation is 1. The molecule has 0 radical (unpaired) electrons. The lowest BCUT2D eigenvalue weighted by molar-refractivity contribution is -0.384. The molecule has 1 N–H and O–H groups in total. The van der Waals surface area contributed by atoms with E-state index in [-0.39, 0.29) is 23.3 Å². The van der Waals surface area contributed by atoms with Crippen LogP contribution in [0.2, 0.25) is 0 Å². The average Bonchev–Trinajstić information content (AvgIpc) is 2.76. The third-order valence-corrected chi connectivity index (χ3v) is 3.29. The van der Waals surface area contributed by atoms with Crippen molar-refractivity contribution in [2.75, 3.05) is 18.1 Å². The molecule has 1 atom stereocenters. The van der Waals surface area contributed by atoms with Crippen LogP contribution in [0.5, 0.6) is 0 Å². The van der Waals surface area contributed by atoms with E-state index in [9.17, 15) is 15.2 Å². The molecule has 1 fully saturated rings. The van der Waals surface area contributed by atoms with Crippen molar-refractivity contribution in [3.63, 3.8) is 0 Å². The van der Waals surface area contributed by atoms with Crippen LogP contribution in [0.4, 0.5) is 11.4 Å². The Morgan fingerprint density at radius 3 is 2.94 bits per heavy atom. The van der Waals surface area contributed by atoms with Crippen LogP contribution < -0.4 is 4.90 Å². The highest BCUT2D eigenvalue weighted by Gasteiger charge is 2.25. The first-order chi connectivity index (χ1) is 8.13. The second-order valence-corrected chi connectivity index (χ2v) is 4.40. The van der Waals surface area contributed by atoms with Gasteiger partial charge < -0.3 is 10.0 Å². The monoisotopic (exact) mass is 236 g/mol. The maximum Gasteiger partial charge on any atom is 0.269 e. The van der Waals surface area contributed by atoms with Crippen LogP contribution in [0.25, 0.3) is 0 Å². The fourth-order valence-corrected chi connectivity index (χ4v) is 2.42. The zero-order chi connectivity index (χ0) is 12.4. The predicted octanol–water partition coefficient (Wildman–Crippen LogP) is 1.86. The summed E-state index contributed by atoms with van der Waals surface area (Å²) in [5.74, 6) is 0. The Bertz CT molecular complexity index is 434. The number of anilines is 1. The van der Waals surface area contributed by atoms with Gasteiger partial charge in [-0.2, -0.15) is 0 Å². The summed E-state index contributed by atoms with van der Waals surface area (Å²) in [7, 11) is 0. The lowest BCUT2D eigenvalue weighted by Gasteiger charge is -2.26. The minimum atomic E-state index is -0.385. The number of hydrogen-bond donors (Lipinski definition) is 1. The molecule has 2 rings (SSSR count). The molecule has 0 aromatic heterocycles. The van der Waals surface area contributed by atoms with Gasteiger partial charge in [0.05, 0.1) is 17.6 Å². The SMILES string of the molecule is Cc1cc([N+](=O)[O-])ccc1N1CCC[C@H]1CO. The molecule has 0 saturated carbocycles. The number of aliphatic hydroxyl groups excluding tert-OH is 1. The van der Waals surface area contributed by atoms with E-state index in [2.05, 4.69) is 4.90 Å². The molecule has 0 amide bonds. The molecule has 0 spiro atoms. The van der Waals surface area contributed by atoms with Crippen molar-refractivity contribution in [3.05, 3.63) is 33.9 Å². The molecule has 1 aromatic rings. The fraction of sp³-hybridized carbons (Fsp3) is 0.500. The molecule has 1 saturated heterocycles. The third kappa shape index (κ3) is 2.24. The van der Waals surface area contributed by atoms with Crippen molar-refractivity contribution in [1.29, 1.82) is 0 Å². The summed E-state index contributed by atoms with van der Waals surface area (Å²) in [6.45, 7) is 2.91. The summed E-state index contributed by atoms with van der Waals surface area (Å²) in [6.07, 6.45) is 2.04. The van der Waals surface area contributed by atoms with Crippen LogP contribution in [0.15, 0.2) is 18.2 Å². The Labute approximate surface area is 99.8 Å². The fourth-order valence-electron chi connectivity index (χ4n) is 2.42. The number of nitro groups is 1. The molecule has 0 bridgehead atoms. The van der Waals surface area contributed by atoms with Gasteiger partial charge in [-0.25, -0.2) is 0 Å². The number of nitrogens with zero attached hydrogens (tertiary/aromatic N) is 2. The molecule has 1 aliphatic rings. The Morgan fingerprint density at radius 1 is 1.59 bits per heavy atom. The predicted molar refractivity (Wildman–Crippen MR) is 65.3 cm³/mol. The summed E-state index contributed by atoms with van der Waals surface area (Å²) in [4.78, 5) is 12.4. The van der Waals surface area contributed by atoms with Gasteiger partial charge in [0.1, 0.15) is 0 Å². The standard InChI is InChI=1S/C12H16N2O3/c1-9-7-10(14(16)17)4-5-12(9)13-6-2-3-11(13)8-15/h4-5,7,11,15H,2-3,6,8H2,1H3/t11-/m0/s1. The van der Waals surface area contributed by atoms with Gasteiger partial charge in [-0.1, -0.05) is 0 Å². The van der Waals surface area contributed by atoms with Gasteiger partial charge in [0.2, 0.25) is 0 Å². The quantitative estimate of drug-likeness (QED) is 0.642. The van der Waals surface area contributed by atoms with E-state index in [1.165, 1.54) is 6.07 Å². The van der Waals surface area contributed by atoms with E-state index in [1.54, 1.807) is 12.1 Å². The van der Waals surface area contributed by atoms with Gasteiger partial charge in [-0.3, -0.25) is 10.1 Å². The maximum absolute atomic E-state index is 10.7. The topological polar surface area (TPSA) is 66.6 Å². The number of aliphatic hydroxyl groups is 1. The Hall–Kier alpha value is -1.62. The minimum Gasteiger partial charge on any atom is -0.394 e. The van der Waals surface area contributed by atoms with E-state index >= 15 is 0 Å². The molecule has 1 aliphatic heterocycles. The molecular formula is C12H16N2O3. The summed E-state index contributed by atoms with van der Waals surface area (Å²) in [5, 5.41) is 19.9. The first-order valence-electron chi connectivity index (χ1n) is 5.76. The van der Waals surface area contributed by atoms with Crippen LogP contribution in [0.3, 0.4) is 0 Å². The van der Waals surface area contributed by atoms with E-state index in [4.69, 9.17) is 0 Å². The van der Waals surface area contributed by atoms with Crippen molar-refractivity contribution in [3.8, 4) is 0 Å². The summed E-state index contributed by atoms with van der Waals surface area (Å²) >= 11 is 0. The second kappa shape index (κ2) is 4.71. The van der Waals surface area contributed by atoms with Gasteiger partial charge in [0.15, 0.2) is 0 Å². The van der Waals surface area contributed by atoms with E-state index in [0.717, 1.165) is 30.6 Å². The van der Waals surface area contributed by atoms with Gasteiger partial charge in [-0.05, 0) is 31.4 Å². The smallest absolute Gasteiger partial charge is 0.269 e. The molecular weight excluding hydrogens is 220 g/mol. The Morgan fingerprint density at radius 2 is 2.35 bits per heavy atom. The number of rotatable bonds is 3. The van der Waals surface area contributed by atoms with E-state index in [0.29, 0.717) is 0 Å². The highest BCUT2D eigenvalue weighted by Crippen LogP contribution is 2.30.